The van der Waals surface area contributed by atoms with Crippen LogP contribution in [0.15, 0.2) is 16.7 Å². The van der Waals surface area contributed by atoms with E-state index in [0.717, 1.165) is 36.4 Å². The third-order valence-electron chi connectivity index (χ3n) is 4.80. The van der Waals surface area contributed by atoms with Gasteiger partial charge in [0, 0.05) is 23.5 Å². The first kappa shape index (κ1) is 15.8. The van der Waals surface area contributed by atoms with Crippen LogP contribution in [0, 0.1) is 26.7 Å². The number of hydrogen-bond acceptors (Lipinski definition) is 4. The molecular weight excluding hydrogens is 292 g/mol. The molecule has 0 saturated heterocycles. The van der Waals surface area contributed by atoms with E-state index in [1.54, 1.807) is 0 Å². The highest BCUT2D eigenvalue weighted by atomic mass is 16.5. The summed E-state index contributed by atoms with van der Waals surface area (Å²) >= 11 is 0. The van der Waals surface area contributed by atoms with Gasteiger partial charge in [-0.2, -0.15) is 0 Å². The fourth-order valence-electron chi connectivity index (χ4n) is 3.56. The van der Waals surface area contributed by atoms with Crippen LogP contribution >= 0.6 is 0 Å². The van der Waals surface area contributed by atoms with Gasteiger partial charge in [-0.15, -0.1) is 0 Å². The lowest BCUT2D eigenvalue weighted by atomic mass is 10.0. The molecule has 2 heterocycles. The van der Waals surface area contributed by atoms with E-state index in [4.69, 9.17) is 10.3 Å². The Bertz CT molecular complexity index is 716. The Kier molecular flexibility index (Phi) is 4.26. The molecule has 2 atom stereocenters. The van der Waals surface area contributed by atoms with Crippen molar-refractivity contribution in [3.8, 4) is 5.82 Å². The van der Waals surface area contributed by atoms with Gasteiger partial charge in [-0.1, -0.05) is 11.6 Å². The summed E-state index contributed by atoms with van der Waals surface area (Å²) in [4.78, 5) is 12.7. The highest BCUT2D eigenvalue weighted by Gasteiger charge is 2.28. The van der Waals surface area contributed by atoms with Gasteiger partial charge in [0.05, 0.1) is 5.56 Å². The molecule has 1 saturated carbocycles. The largest absolute Gasteiger partial charge is 0.360 e. The Morgan fingerprint density at radius 2 is 2.17 bits per heavy atom. The van der Waals surface area contributed by atoms with Gasteiger partial charge in [-0.3, -0.25) is 9.36 Å². The van der Waals surface area contributed by atoms with Crippen LogP contribution in [0.1, 0.15) is 46.8 Å². The number of nitrogens with two attached hydrogens (primary N) is 1. The smallest absolute Gasteiger partial charge is 0.253 e. The number of aromatic nitrogens is 2. The van der Waals surface area contributed by atoms with Gasteiger partial charge in [0.2, 0.25) is 0 Å². The van der Waals surface area contributed by atoms with Crippen LogP contribution in [0.4, 0.5) is 0 Å². The SMILES string of the molecule is Cc1cc(-n2c(C)cc(C(=O)NC3CCCC3CN)c2C)no1. The highest BCUT2D eigenvalue weighted by molar-refractivity contribution is 5.96. The minimum atomic E-state index is -0.0325. The van der Waals surface area contributed by atoms with Crippen molar-refractivity contribution in [3.05, 3.63) is 34.8 Å². The maximum absolute atomic E-state index is 12.7. The van der Waals surface area contributed by atoms with Crippen LogP contribution in [0.2, 0.25) is 0 Å². The van der Waals surface area contributed by atoms with Crippen molar-refractivity contribution in [2.75, 3.05) is 6.54 Å². The molecule has 3 rings (SSSR count). The van der Waals surface area contributed by atoms with E-state index < -0.39 is 0 Å². The van der Waals surface area contributed by atoms with E-state index in [2.05, 4.69) is 10.5 Å². The zero-order chi connectivity index (χ0) is 16.6. The summed E-state index contributed by atoms with van der Waals surface area (Å²) in [5, 5.41) is 7.21. The van der Waals surface area contributed by atoms with Crippen molar-refractivity contribution >= 4 is 5.91 Å². The average Bonchev–Trinajstić information content (AvgIpc) is 3.19. The number of carbonyl (C=O) groups is 1. The summed E-state index contributed by atoms with van der Waals surface area (Å²) in [7, 11) is 0. The molecule has 124 valence electrons. The van der Waals surface area contributed by atoms with Crippen molar-refractivity contribution in [2.24, 2.45) is 11.7 Å². The summed E-state index contributed by atoms with van der Waals surface area (Å²) in [6.07, 6.45) is 3.23. The Balaban J connectivity index is 1.84. The van der Waals surface area contributed by atoms with Gasteiger partial charge < -0.3 is 15.6 Å². The summed E-state index contributed by atoms with van der Waals surface area (Å²) in [6.45, 7) is 6.38. The number of carbonyl (C=O) groups excluding carboxylic acids is 1. The summed E-state index contributed by atoms with van der Waals surface area (Å²) in [5.74, 6) is 1.81. The molecule has 23 heavy (non-hydrogen) atoms. The van der Waals surface area contributed by atoms with E-state index in [-0.39, 0.29) is 11.9 Å². The zero-order valence-electron chi connectivity index (χ0n) is 13.9. The second kappa shape index (κ2) is 6.20. The highest BCUT2D eigenvalue weighted by Crippen LogP contribution is 2.26. The maximum atomic E-state index is 12.7. The van der Waals surface area contributed by atoms with Gasteiger partial charge in [0.25, 0.3) is 5.91 Å². The van der Waals surface area contributed by atoms with Crippen molar-refractivity contribution < 1.29 is 9.32 Å². The van der Waals surface area contributed by atoms with E-state index in [0.29, 0.717) is 23.8 Å². The van der Waals surface area contributed by atoms with Crippen molar-refractivity contribution in [3.63, 3.8) is 0 Å². The van der Waals surface area contributed by atoms with Crippen LogP contribution in [-0.4, -0.2) is 28.2 Å². The van der Waals surface area contributed by atoms with Crippen LogP contribution in [0.5, 0.6) is 0 Å². The molecule has 0 aromatic carbocycles. The number of aryl methyl sites for hydroxylation is 2. The summed E-state index contributed by atoms with van der Waals surface area (Å²) < 4.78 is 7.09. The monoisotopic (exact) mass is 316 g/mol. The third kappa shape index (κ3) is 2.91. The molecule has 1 aliphatic carbocycles. The number of nitrogens with zero attached hydrogens (tertiary/aromatic N) is 2. The first-order valence-electron chi connectivity index (χ1n) is 8.14. The molecule has 2 unspecified atom stereocenters. The lowest BCUT2D eigenvalue weighted by Crippen LogP contribution is -2.40. The Morgan fingerprint density at radius 3 is 2.83 bits per heavy atom. The van der Waals surface area contributed by atoms with Crippen LogP contribution in [0.25, 0.3) is 5.82 Å². The van der Waals surface area contributed by atoms with Gasteiger partial charge in [-0.25, -0.2) is 0 Å². The van der Waals surface area contributed by atoms with Crippen LogP contribution in [-0.2, 0) is 0 Å². The molecule has 0 bridgehead atoms. The molecule has 1 amide bonds. The molecule has 1 aliphatic rings. The molecule has 0 radical (unpaired) electrons. The summed E-state index contributed by atoms with van der Waals surface area (Å²) in [6, 6.07) is 3.95. The van der Waals surface area contributed by atoms with Crippen LogP contribution in [0.3, 0.4) is 0 Å². The normalized spacial score (nSPS) is 20.9. The molecule has 1 fully saturated rings. The number of amides is 1. The van der Waals surface area contributed by atoms with E-state index >= 15 is 0 Å². The molecule has 6 heteroatoms. The standard InChI is InChI=1S/C17H24N4O2/c1-10-7-14(12(3)21(10)16-8-11(2)23-20-16)17(22)19-15-6-4-5-13(15)9-18/h7-8,13,15H,4-6,9,18H2,1-3H3,(H,19,22). The zero-order valence-corrected chi connectivity index (χ0v) is 13.9. The third-order valence-corrected chi connectivity index (χ3v) is 4.80. The van der Waals surface area contributed by atoms with E-state index in [9.17, 15) is 4.79 Å². The molecule has 2 aromatic rings. The minimum Gasteiger partial charge on any atom is -0.360 e. The topological polar surface area (TPSA) is 86.1 Å². The first-order chi connectivity index (χ1) is 11.0. The molecule has 3 N–H and O–H groups in total. The van der Waals surface area contributed by atoms with Gasteiger partial charge in [0.1, 0.15) is 5.76 Å². The van der Waals surface area contributed by atoms with Crippen molar-refractivity contribution in [2.45, 2.75) is 46.1 Å². The maximum Gasteiger partial charge on any atom is 0.253 e. The predicted molar refractivity (Wildman–Crippen MR) is 87.7 cm³/mol. The fourth-order valence-corrected chi connectivity index (χ4v) is 3.56. The molecular formula is C17H24N4O2. The molecule has 0 spiro atoms. The molecule has 2 aromatic heterocycles. The number of nitrogens with one attached hydrogen (secondary N) is 1. The van der Waals surface area contributed by atoms with Crippen molar-refractivity contribution in [1.82, 2.24) is 15.0 Å². The second-order valence-corrected chi connectivity index (χ2v) is 6.42. The lowest BCUT2D eigenvalue weighted by Gasteiger charge is -2.19. The predicted octanol–water partition coefficient (Wildman–Crippen LogP) is 2.25. The minimum absolute atomic E-state index is 0.0325. The molecule has 0 aliphatic heterocycles. The summed E-state index contributed by atoms with van der Waals surface area (Å²) in [5.41, 5.74) is 8.32. The second-order valence-electron chi connectivity index (χ2n) is 6.42. The Hall–Kier alpha value is -2.08. The average molecular weight is 316 g/mol. The van der Waals surface area contributed by atoms with E-state index in [1.807, 2.05) is 37.5 Å². The van der Waals surface area contributed by atoms with Crippen LogP contribution < -0.4 is 11.1 Å². The van der Waals surface area contributed by atoms with E-state index in [1.165, 1.54) is 0 Å². The Labute approximate surface area is 136 Å². The fraction of sp³-hybridized carbons (Fsp3) is 0.529. The first-order valence-corrected chi connectivity index (χ1v) is 8.14. The molecule has 6 nitrogen and oxygen atoms in total. The Morgan fingerprint density at radius 1 is 1.39 bits per heavy atom. The number of hydrogen-bond donors (Lipinski definition) is 2. The quantitative estimate of drug-likeness (QED) is 0.906. The number of rotatable bonds is 4. The van der Waals surface area contributed by atoms with Gasteiger partial charge in [0.15, 0.2) is 5.82 Å². The van der Waals surface area contributed by atoms with Gasteiger partial charge >= 0.3 is 0 Å². The van der Waals surface area contributed by atoms with Gasteiger partial charge in [-0.05, 0) is 52.1 Å². The lowest BCUT2D eigenvalue weighted by molar-refractivity contribution is 0.0928. The van der Waals surface area contributed by atoms with Crippen molar-refractivity contribution in [1.29, 1.82) is 0 Å².